The normalized spacial score (nSPS) is 31.2. The van der Waals surface area contributed by atoms with Gasteiger partial charge in [-0.2, -0.15) is 0 Å². The number of nitrogens with one attached hydrogen (secondary N) is 1. The summed E-state index contributed by atoms with van der Waals surface area (Å²) in [6.07, 6.45) is 10.2. The molecule has 0 aromatic rings. The van der Waals surface area contributed by atoms with E-state index in [0.29, 0.717) is 11.5 Å². The number of hydrogen-bond acceptors (Lipinski definition) is 3. The van der Waals surface area contributed by atoms with Crippen LogP contribution in [0.15, 0.2) is 0 Å². The largest absolute Gasteiger partial charge is 0.348 e. The van der Waals surface area contributed by atoms with Crippen LogP contribution in [-0.2, 0) is 9.47 Å². The first-order valence-corrected chi connectivity index (χ1v) is 7.71. The van der Waals surface area contributed by atoms with Crippen LogP contribution in [0.4, 0.5) is 0 Å². The Morgan fingerprint density at radius 2 is 1.61 bits per heavy atom. The Bertz CT molecular complexity index is 270. The molecule has 0 unspecified atom stereocenters. The third kappa shape index (κ3) is 2.73. The van der Waals surface area contributed by atoms with E-state index in [4.69, 9.17) is 9.47 Å². The molecule has 0 amide bonds. The second-order valence-corrected chi connectivity index (χ2v) is 6.78. The summed E-state index contributed by atoms with van der Waals surface area (Å²) in [6, 6.07) is 0.681. The van der Waals surface area contributed by atoms with Crippen LogP contribution < -0.4 is 5.32 Å². The predicted molar refractivity (Wildman–Crippen MR) is 71.5 cm³/mol. The van der Waals surface area contributed by atoms with Gasteiger partial charge in [0.05, 0.1) is 13.2 Å². The number of hydrogen-bond donors (Lipinski definition) is 1. The highest BCUT2D eigenvalue weighted by molar-refractivity contribution is 4.88. The van der Waals surface area contributed by atoms with E-state index in [9.17, 15) is 0 Å². The first-order chi connectivity index (χ1) is 8.70. The Balaban J connectivity index is 1.43. The van der Waals surface area contributed by atoms with E-state index in [1.54, 1.807) is 0 Å². The summed E-state index contributed by atoms with van der Waals surface area (Å²) in [5.74, 6) is -0.199. The van der Waals surface area contributed by atoms with Crippen LogP contribution >= 0.6 is 0 Å². The van der Waals surface area contributed by atoms with Gasteiger partial charge in [-0.15, -0.1) is 0 Å². The van der Waals surface area contributed by atoms with Gasteiger partial charge in [0.25, 0.3) is 0 Å². The fourth-order valence-electron chi connectivity index (χ4n) is 3.84. The van der Waals surface area contributed by atoms with Gasteiger partial charge in [-0.1, -0.05) is 19.8 Å². The van der Waals surface area contributed by atoms with Crippen LogP contribution in [0.25, 0.3) is 0 Å². The van der Waals surface area contributed by atoms with E-state index >= 15 is 0 Å². The highest BCUT2D eigenvalue weighted by Crippen LogP contribution is 2.38. The third-order valence-electron chi connectivity index (χ3n) is 5.19. The standard InChI is InChI=1S/C15H27NO2/c1-14(6-2-3-7-14)12-16-13-4-8-15(9-5-13)17-10-11-18-15/h13,16H,2-12H2,1H3. The maximum Gasteiger partial charge on any atom is 0.168 e. The minimum atomic E-state index is -0.199. The maximum absolute atomic E-state index is 5.78. The summed E-state index contributed by atoms with van der Waals surface area (Å²) in [5, 5.41) is 3.80. The molecule has 0 radical (unpaired) electrons. The van der Waals surface area contributed by atoms with Crippen molar-refractivity contribution in [3.05, 3.63) is 0 Å². The smallest absolute Gasteiger partial charge is 0.168 e. The highest BCUT2D eigenvalue weighted by Gasteiger charge is 2.40. The lowest BCUT2D eigenvalue weighted by Crippen LogP contribution is -2.44. The highest BCUT2D eigenvalue weighted by atomic mass is 16.7. The lowest BCUT2D eigenvalue weighted by Gasteiger charge is -2.37. The van der Waals surface area contributed by atoms with Crippen molar-refractivity contribution in [3.63, 3.8) is 0 Å². The Morgan fingerprint density at radius 3 is 2.22 bits per heavy atom. The Hall–Kier alpha value is -0.120. The van der Waals surface area contributed by atoms with Crippen molar-refractivity contribution < 1.29 is 9.47 Å². The molecular formula is C15H27NO2. The summed E-state index contributed by atoms with van der Waals surface area (Å²) in [7, 11) is 0. The molecule has 3 nitrogen and oxygen atoms in total. The molecule has 1 saturated heterocycles. The summed E-state index contributed by atoms with van der Waals surface area (Å²) in [4.78, 5) is 0. The van der Waals surface area contributed by atoms with E-state index in [1.807, 2.05) is 0 Å². The molecule has 1 heterocycles. The van der Waals surface area contributed by atoms with Gasteiger partial charge in [0, 0.05) is 25.4 Å². The van der Waals surface area contributed by atoms with Crippen LogP contribution in [0, 0.1) is 5.41 Å². The lowest BCUT2D eigenvalue weighted by atomic mass is 9.86. The molecule has 1 spiro atoms. The molecule has 18 heavy (non-hydrogen) atoms. The van der Waals surface area contributed by atoms with Gasteiger partial charge in [-0.25, -0.2) is 0 Å². The van der Waals surface area contributed by atoms with Gasteiger partial charge in [0.1, 0.15) is 0 Å². The number of rotatable bonds is 3. The van der Waals surface area contributed by atoms with E-state index in [2.05, 4.69) is 12.2 Å². The average Bonchev–Trinajstić information content (AvgIpc) is 3.00. The van der Waals surface area contributed by atoms with Gasteiger partial charge in [-0.3, -0.25) is 0 Å². The second-order valence-electron chi connectivity index (χ2n) is 6.78. The van der Waals surface area contributed by atoms with E-state index in [-0.39, 0.29) is 5.79 Å². The summed E-state index contributed by atoms with van der Waals surface area (Å²) < 4.78 is 11.6. The minimum absolute atomic E-state index is 0.199. The topological polar surface area (TPSA) is 30.5 Å². The zero-order valence-corrected chi connectivity index (χ0v) is 11.7. The molecule has 104 valence electrons. The van der Waals surface area contributed by atoms with Crippen LogP contribution in [-0.4, -0.2) is 31.6 Å². The van der Waals surface area contributed by atoms with Crippen LogP contribution in [0.2, 0.25) is 0 Å². The third-order valence-corrected chi connectivity index (χ3v) is 5.19. The van der Waals surface area contributed by atoms with E-state index in [0.717, 1.165) is 26.1 Å². The lowest BCUT2D eigenvalue weighted by molar-refractivity contribution is -0.179. The van der Waals surface area contributed by atoms with Gasteiger partial charge < -0.3 is 14.8 Å². The molecule has 0 atom stereocenters. The first-order valence-electron chi connectivity index (χ1n) is 7.71. The molecule has 1 N–H and O–H groups in total. The zero-order chi connectivity index (χ0) is 12.5. The first kappa shape index (κ1) is 12.9. The Morgan fingerprint density at radius 1 is 1.00 bits per heavy atom. The quantitative estimate of drug-likeness (QED) is 0.839. The molecule has 3 fully saturated rings. The minimum Gasteiger partial charge on any atom is -0.348 e. The van der Waals surface area contributed by atoms with Crippen molar-refractivity contribution >= 4 is 0 Å². The van der Waals surface area contributed by atoms with Gasteiger partial charge in [0.2, 0.25) is 0 Å². The molecular weight excluding hydrogens is 226 g/mol. The van der Waals surface area contributed by atoms with E-state index < -0.39 is 0 Å². The zero-order valence-electron chi connectivity index (χ0n) is 11.7. The van der Waals surface area contributed by atoms with Gasteiger partial charge in [0.15, 0.2) is 5.79 Å². The molecule has 1 aliphatic heterocycles. The SMILES string of the molecule is CC1(CNC2CCC3(CC2)OCCO3)CCCC1. The fourth-order valence-corrected chi connectivity index (χ4v) is 3.84. The summed E-state index contributed by atoms with van der Waals surface area (Å²) >= 11 is 0. The van der Waals surface area contributed by atoms with Gasteiger partial charge in [-0.05, 0) is 31.1 Å². The molecule has 3 rings (SSSR count). The van der Waals surface area contributed by atoms with Crippen molar-refractivity contribution in [2.45, 2.75) is 70.1 Å². The molecule has 0 aromatic heterocycles. The van der Waals surface area contributed by atoms with Crippen LogP contribution in [0.5, 0.6) is 0 Å². The average molecular weight is 253 g/mol. The predicted octanol–water partition coefficient (Wildman–Crippen LogP) is 2.84. The van der Waals surface area contributed by atoms with Crippen molar-refractivity contribution in [3.8, 4) is 0 Å². The van der Waals surface area contributed by atoms with E-state index in [1.165, 1.54) is 45.1 Å². The van der Waals surface area contributed by atoms with Crippen molar-refractivity contribution in [1.29, 1.82) is 0 Å². The maximum atomic E-state index is 5.78. The van der Waals surface area contributed by atoms with Gasteiger partial charge >= 0.3 is 0 Å². The molecule has 3 heteroatoms. The Kier molecular flexibility index (Phi) is 3.65. The molecule has 0 bridgehead atoms. The molecule has 3 aliphatic rings. The molecule has 0 aromatic carbocycles. The van der Waals surface area contributed by atoms with Crippen molar-refractivity contribution in [2.75, 3.05) is 19.8 Å². The second kappa shape index (κ2) is 5.10. The van der Waals surface area contributed by atoms with Crippen LogP contribution in [0.1, 0.15) is 58.3 Å². The molecule has 2 saturated carbocycles. The van der Waals surface area contributed by atoms with Crippen molar-refractivity contribution in [2.24, 2.45) is 5.41 Å². The summed E-state index contributed by atoms with van der Waals surface area (Å²) in [5.41, 5.74) is 0.565. The summed E-state index contributed by atoms with van der Waals surface area (Å²) in [6.45, 7) is 5.22. The Labute approximate surface area is 111 Å². The number of ether oxygens (including phenoxy) is 2. The molecule has 2 aliphatic carbocycles. The monoisotopic (exact) mass is 253 g/mol. The van der Waals surface area contributed by atoms with Crippen molar-refractivity contribution in [1.82, 2.24) is 5.32 Å². The fraction of sp³-hybridized carbons (Fsp3) is 1.00. The van der Waals surface area contributed by atoms with Crippen LogP contribution in [0.3, 0.4) is 0 Å².